The van der Waals surface area contributed by atoms with Gasteiger partial charge in [-0.2, -0.15) is 0 Å². The molecule has 0 fully saturated rings. The smallest absolute Gasteiger partial charge is 0.0159 e. The molecule has 0 saturated heterocycles. The minimum atomic E-state index is -0.113. The number of hydrogen-bond acceptors (Lipinski definition) is 0. The van der Waals surface area contributed by atoms with Crippen LogP contribution in [0.5, 0.6) is 0 Å². The third-order valence-corrected chi connectivity index (χ3v) is 16.5. The fraction of sp³-hybridized carbons (Fsp3) is 0.299. The summed E-state index contributed by atoms with van der Waals surface area (Å²) in [7, 11) is 0. The Bertz CT molecular complexity index is 3520. The maximum absolute atomic E-state index is 5.82. The van der Waals surface area contributed by atoms with E-state index in [-0.39, 0.29) is 5.41 Å². The molecule has 2 aliphatic carbocycles. The number of hydrogen-bond donors (Lipinski definition) is 0. The molecule has 0 aliphatic heterocycles. The highest BCUT2D eigenvalue weighted by Crippen LogP contribution is 2.53. The summed E-state index contributed by atoms with van der Waals surface area (Å²) in [4.78, 5) is 0. The minimum absolute atomic E-state index is 0.113. The molecule has 3 unspecified atom stereocenters. The Morgan fingerprint density at radius 3 is 1.84 bits per heavy atom. The van der Waals surface area contributed by atoms with Crippen LogP contribution in [-0.4, -0.2) is 0 Å². The zero-order valence-electron chi connectivity index (χ0n) is 49.4. The van der Waals surface area contributed by atoms with Gasteiger partial charge < -0.3 is 0 Å². The molecular weight excluding hydrogens is 925 g/mol. The summed E-state index contributed by atoms with van der Waals surface area (Å²) in [6.45, 7) is 33.5. The molecule has 10 rings (SSSR count). The van der Waals surface area contributed by atoms with E-state index in [1.165, 1.54) is 135 Å². The molecule has 3 atom stereocenters. The third-order valence-electron chi connectivity index (χ3n) is 16.5. The zero-order chi connectivity index (χ0) is 55.6. The number of fused-ring (bicyclic) bond motifs is 6. The lowest BCUT2D eigenvalue weighted by Crippen LogP contribution is -2.16. The molecule has 0 amide bonds. The lowest BCUT2D eigenvalue weighted by atomic mass is 9.78. The summed E-state index contributed by atoms with van der Waals surface area (Å²) in [5, 5.41) is 5.41. The van der Waals surface area contributed by atoms with Crippen molar-refractivity contribution in [3.05, 3.63) is 259 Å². The van der Waals surface area contributed by atoms with Gasteiger partial charge >= 0.3 is 0 Å². The predicted molar refractivity (Wildman–Crippen MR) is 340 cm³/mol. The van der Waals surface area contributed by atoms with Crippen molar-refractivity contribution in [2.24, 2.45) is 5.92 Å². The van der Waals surface area contributed by atoms with E-state index in [1.54, 1.807) is 0 Å². The van der Waals surface area contributed by atoms with Crippen LogP contribution in [0.25, 0.3) is 43.8 Å². The number of aryl methyl sites for hydroxylation is 5. The predicted octanol–water partition coefficient (Wildman–Crippen LogP) is 21.9. The molecular formula is C77H86. The first-order valence-corrected chi connectivity index (χ1v) is 28.5. The van der Waals surface area contributed by atoms with Crippen molar-refractivity contribution in [2.75, 3.05) is 0 Å². The van der Waals surface area contributed by atoms with E-state index in [9.17, 15) is 0 Å². The number of allylic oxidation sites excluding steroid dienone is 8. The van der Waals surface area contributed by atoms with Crippen LogP contribution in [0.15, 0.2) is 187 Å². The highest BCUT2D eigenvalue weighted by atomic mass is 14.4. The quantitative estimate of drug-likeness (QED) is 0.105. The van der Waals surface area contributed by atoms with Crippen LogP contribution in [0.2, 0.25) is 0 Å². The molecule has 8 aromatic rings. The Kier molecular flexibility index (Phi) is 19.2. The van der Waals surface area contributed by atoms with E-state index in [0.717, 1.165) is 17.6 Å². The van der Waals surface area contributed by atoms with Crippen LogP contribution in [-0.2, 0) is 11.8 Å². The lowest BCUT2D eigenvalue weighted by molar-refractivity contribution is 0.616. The molecule has 0 spiro atoms. The summed E-state index contributed by atoms with van der Waals surface area (Å²) in [5.74, 6) is 4.19. The number of rotatable bonds is 8. The lowest BCUT2D eigenvalue weighted by Gasteiger charge is -2.26. The number of terminal acetylenes is 1. The van der Waals surface area contributed by atoms with E-state index in [2.05, 4.69) is 272 Å². The van der Waals surface area contributed by atoms with Gasteiger partial charge in [0.15, 0.2) is 0 Å². The molecule has 2 aliphatic rings. The van der Waals surface area contributed by atoms with Crippen LogP contribution in [0.4, 0.5) is 0 Å². The summed E-state index contributed by atoms with van der Waals surface area (Å²) >= 11 is 0. The van der Waals surface area contributed by atoms with Gasteiger partial charge in [0.2, 0.25) is 0 Å². The van der Waals surface area contributed by atoms with Gasteiger partial charge in [-0.25, -0.2) is 0 Å². The van der Waals surface area contributed by atoms with Crippen LogP contribution in [0.3, 0.4) is 0 Å². The molecule has 0 radical (unpaired) electrons. The molecule has 0 heteroatoms. The number of benzene rings is 8. The third kappa shape index (κ3) is 13.0. The van der Waals surface area contributed by atoms with Gasteiger partial charge in [-0.3, -0.25) is 0 Å². The zero-order valence-corrected chi connectivity index (χ0v) is 49.4. The van der Waals surface area contributed by atoms with Crippen molar-refractivity contribution in [3.8, 4) is 23.5 Å². The van der Waals surface area contributed by atoms with E-state index in [4.69, 9.17) is 6.42 Å². The Morgan fingerprint density at radius 2 is 1.22 bits per heavy atom. The standard InChI is InChI=1S/C55H58.C11H10.C8H10.C3H8/c1-12-16-45(35(4)13-2)48-27-23-42(30-38(48)7)39(8)40(9)43-24-28-51-52(32-43)55(10,11)53-33-44(49-17-14-15-18-50(49)54(51)53)31-41-22-26-47(37(6)29-41)46-25-20-34(3)19-21-36(46)5;1-9-5-4-7-10-6-2-3-8-11(9)10;1-7-5-3-4-6-8(7)2;1-3-2/h2,12,14-18,20,22-30,32-34,39-40H,19,21,31H2,1,3-11H3;2-8H,1H3;3-6H,1-2H3;3H2,1-2H3/b16-12-,45-35-;;;. The van der Waals surface area contributed by atoms with Gasteiger partial charge in [-0.1, -0.05) is 242 Å². The highest BCUT2D eigenvalue weighted by molar-refractivity contribution is 6.04. The van der Waals surface area contributed by atoms with E-state index < -0.39 is 0 Å². The van der Waals surface area contributed by atoms with Crippen molar-refractivity contribution in [3.63, 3.8) is 0 Å². The topological polar surface area (TPSA) is 0 Å². The van der Waals surface area contributed by atoms with Crippen molar-refractivity contribution in [1.29, 1.82) is 0 Å². The van der Waals surface area contributed by atoms with E-state index >= 15 is 0 Å². The fourth-order valence-electron chi connectivity index (χ4n) is 11.4. The maximum Gasteiger partial charge on any atom is 0.0159 e. The first-order valence-electron chi connectivity index (χ1n) is 28.5. The van der Waals surface area contributed by atoms with Gasteiger partial charge in [0.1, 0.15) is 0 Å². The second-order valence-corrected chi connectivity index (χ2v) is 22.8. The largest absolute Gasteiger partial charge is 0.115 e. The van der Waals surface area contributed by atoms with Crippen LogP contribution in [0.1, 0.15) is 173 Å². The van der Waals surface area contributed by atoms with Crippen LogP contribution in [0, 0.1) is 52.9 Å². The average molecular weight is 1010 g/mol. The Hall–Kier alpha value is -7.20. The normalized spacial score (nSPS) is 15.4. The SMILES string of the molecule is C#C/C(C)=C(/C=C\C)c1ccc(C(C)C(C)c2ccc3c(c2)C(C)(C)c2cc(Cc4ccc(C5=C(C)CCC(C)C=C5)c(C)c4)c4ccccc4c2-3)cc1C.CCC.Cc1cccc2ccccc12.Cc1ccccc1C. The average Bonchev–Trinajstić information content (AvgIpc) is 3.85. The van der Waals surface area contributed by atoms with Crippen LogP contribution >= 0.6 is 0 Å². The molecule has 0 nitrogen and oxygen atoms in total. The van der Waals surface area contributed by atoms with Gasteiger partial charge in [0.05, 0.1) is 0 Å². The Balaban J connectivity index is 0.000000321. The van der Waals surface area contributed by atoms with Gasteiger partial charge in [0.25, 0.3) is 0 Å². The fourth-order valence-corrected chi connectivity index (χ4v) is 11.4. The summed E-state index contributed by atoms with van der Waals surface area (Å²) in [5.41, 5.74) is 25.4. The second-order valence-electron chi connectivity index (χ2n) is 22.8. The Labute approximate surface area is 465 Å². The Morgan fingerprint density at radius 1 is 0.636 bits per heavy atom. The molecule has 0 saturated carbocycles. The van der Waals surface area contributed by atoms with Gasteiger partial charge in [-0.05, 0) is 209 Å². The molecule has 77 heavy (non-hydrogen) atoms. The molecule has 0 bridgehead atoms. The van der Waals surface area contributed by atoms with Crippen molar-refractivity contribution >= 4 is 32.7 Å². The summed E-state index contributed by atoms with van der Waals surface area (Å²) in [6.07, 6.45) is 19.3. The first kappa shape index (κ1) is 57.5. The van der Waals surface area contributed by atoms with E-state index in [0.29, 0.717) is 17.8 Å². The molecule has 0 heterocycles. The monoisotopic (exact) mass is 1010 g/mol. The molecule has 8 aromatic carbocycles. The maximum atomic E-state index is 5.82. The van der Waals surface area contributed by atoms with Gasteiger partial charge in [0, 0.05) is 11.0 Å². The summed E-state index contributed by atoms with van der Waals surface area (Å²) < 4.78 is 0. The molecule has 0 N–H and O–H groups in total. The first-order chi connectivity index (χ1) is 36.9. The second kappa shape index (κ2) is 25.8. The summed E-state index contributed by atoms with van der Waals surface area (Å²) in [6, 6.07) is 56.3. The highest BCUT2D eigenvalue weighted by Gasteiger charge is 2.38. The van der Waals surface area contributed by atoms with Gasteiger partial charge in [-0.15, -0.1) is 6.42 Å². The van der Waals surface area contributed by atoms with Crippen LogP contribution < -0.4 is 0 Å². The molecule has 0 aromatic heterocycles. The van der Waals surface area contributed by atoms with Crippen molar-refractivity contribution < 1.29 is 0 Å². The van der Waals surface area contributed by atoms with Crippen molar-refractivity contribution in [1.82, 2.24) is 0 Å². The van der Waals surface area contributed by atoms with Crippen molar-refractivity contribution in [2.45, 2.75) is 147 Å². The minimum Gasteiger partial charge on any atom is -0.115 e. The van der Waals surface area contributed by atoms with E-state index in [1.807, 2.05) is 13.8 Å². The molecule has 394 valence electrons.